The Morgan fingerprint density at radius 3 is 2.64 bits per heavy atom. The number of fused-ring (bicyclic) bond motifs is 1. The van der Waals surface area contributed by atoms with Crippen LogP contribution in [0.3, 0.4) is 0 Å². The number of aromatic nitrogens is 1. The van der Waals surface area contributed by atoms with Crippen LogP contribution in [0.2, 0.25) is 0 Å². The van der Waals surface area contributed by atoms with Crippen LogP contribution < -0.4 is 9.47 Å². The van der Waals surface area contributed by atoms with E-state index in [4.69, 9.17) is 18.9 Å². The van der Waals surface area contributed by atoms with Crippen molar-refractivity contribution in [3.05, 3.63) is 52.3 Å². The van der Waals surface area contributed by atoms with Gasteiger partial charge in [0.05, 0.1) is 26.5 Å². The summed E-state index contributed by atoms with van der Waals surface area (Å²) in [6, 6.07) is 4.66. The minimum Gasteiger partial charge on any atom is -0.496 e. The molecule has 0 fully saturated rings. The molecule has 1 aromatic heterocycles. The summed E-state index contributed by atoms with van der Waals surface area (Å²) in [7, 11) is 2.96. The van der Waals surface area contributed by atoms with Crippen molar-refractivity contribution in [1.82, 2.24) is 9.88 Å². The van der Waals surface area contributed by atoms with Crippen molar-refractivity contribution in [1.29, 1.82) is 0 Å². The maximum Gasteiger partial charge on any atom is 0.410 e. The van der Waals surface area contributed by atoms with Gasteiger partial charge in [0.15, 0.2) is 6.04 Å². The summed E-state index contributed by atoms with van der Waals surface area (Å²) in [4.78, 5) is 31.1. The molecule has 2 heterocycles. The number of carbonyl (C=O) groups excluding carboxylic acids is 2. The first-order valence-corrected chi connectivity index (χ1v) is 11.0. The van der Waals surface area contributed by atoms with Crippen molar-refractivity contribution in [2.24, 2.45) is 5.92 Å². The summed E-state index contributed by atoms with van der Waals surface area (Å²) < 4.78 is 21.8. The first-order valence-electron chi connectivity index (χ1n) is 11.0. The lowest BCUT2D eigenvalue weighted by molar-refractivity contribution is -0.147. The molecule has 0 radical (unpaired) electrons. The summed E-state index contributed by atoms with van der Waals surface area (Å²) in [6.45, 7) is 8.76. The molecule has 1 aromatic carbocycles. The van der Waals surface area contributed by atoms with Crippen LogP contribution in [0.25, 0.3) is 0 Å². The van der Waals surface area contributed by atoms with Crippen LogP contribution >= 0.6 is 0 Å². The topological polar surface area (TPSA) is 87.2 Å². The van der Waals surface area contributed by atoms with Gasteiger partial charge in [-0.1, -0.05) is 19.9 Å². The molecular weight excluding hydrogens is 424 g/mol. The van der Waals surface area contributed by atoms with Crippen molar-refractivity contribution in [2.45, 2.75) is 46.8 Å². The van der Waals surface area contributed by atoms with Gasteiger partial charge in [0.25, 0.3) is 0 Å². The van der Waals surface area contributed by atoms with Gasteiger partial charge < -0.3 is 18.9 Å². The van der Waals surface area contributed by atoms with E-state index < -0.39 is 18.1 Å². The minimum absolute atomic E-state index is 0.203. The van der Waals surface area contributed by atoms with Gasteiger partial charge in [-0.05, 0) is 49.4 Å². The highest BCUT2D eigenvalue weighted by molar-refractivity contribution is 5.84. The Labute approximate surface area is 194 Å². The Morgan fingerprint density at radius 1 is 1.21 bits per heavy atom. The Bertz CT molecular complexity index is 1020. The zero-order valence-electron chi connectivity index (χ0n) is 20.1. The van der Waals surface area contributed by atoms with Gasteiger partial charge in [-0.2, -0.15) is 0 Å². The molecule has 8 nitrogen and oxygen atoms in total. The molecule has 33 heavy (non-hydrogen) atoms. The zero-order chi connectivity index (χ0) is 24.1. The number of aryl methyl sites for hydroxylation is 1. The lowest BCUT2D eigenvalue weighted by Gasteiger charge is -2.35. The lowest BCUT2D eigenvalue weighted by atomic mass is 9.92. The standard InChI is InChI=1S/C25H32N2O6/c1-15(2)13-33-25(29)27-10-9-18-11-19(7-8-20(18)22(27)24(28)31-6)32-14-21-17(4)23(30-5)16(3)12-26-21/h7-8,11-12,15,22H,9-10,13-14H2,1-6H3. The first-order chi connectivity index (χ1) is 15.8. The number of nitrogens with zero attached hydrogens (tertiary/aromatic N) is 2. The number of amides is 1. The van der Waals surface area contributed by atoms with E-state index in [9.17, 15) is 9.59 Å². The van der Waals surface area contributed by atoms with Gasteiger partial charge in [-0.15, -0.1) is 0 Å². The van der Waals surface area contributed by atoms with E-state index in [2.05, 4.69) is 4.98 Å². The molecule has 2 aromatic rings. The second-order valence-electron chi connectivity index (χ2n) is 8.54. The van der Waals surface area contributed by atoms with Gasteiger partial charge in [0.1, 0.15) is 18.1 Å². The van der Waals surface area contributed by atoms with Crippen LogP contribution in [0, 0.1) is 19.8 Å². The van der Waals surface area contributed by atoms with Crippen molar-refractivity contribution < 1.29 is 28.5 Å². The second-order valence-corrected chi connectivity index (χ2v) is 8.54. The third kappa shape index (κ3) is 5.38. The van der Waals surface area contributed by atoms with E-state index in [1.165, 1.54) is 12.0 Å². The quantitative estimate of drug-likeness (QED) is 0.579. The minimum atomic E-state index is -0.849. The van der Waals surface area contributed by atoms with E-state index in [1.807, 2.05) is 39.8 Å². The van der Waals surface area contributed by atoms with Crippen molar-refractivity contribution in [2.75, 3.05) is 27.4 Å². The Morgan fingerprint density at radius 2 is 1.97 bits per heavy atom. The number of esters is 1. The molecule has 0 N–H and O–H groups in total. The molecule has 8 heteroatoms. The average molecular weight is 457 g/mol. The summed E-state index contributed by atoms with van der Waals surface area (Å²) in [6.07, 6.45) is 1.83. The summed E-state index contributed by atoms with van der Waals surface area (Å²) in [5, 5.41) is 0. The fourth-order valence-electron chi connectivity index (χ4n) is 3.94. The van der Waals surface area contributed by atoms with E-state index in [-0.39, 0.29) is 12.5 Å². The Kier molecular flexibility index (Phi) is 7.79. The summed E-state index contributed by atoms with van der Waals surface area (Å²) >= 11 is 0. The van der Waals surface area contributed by atoms with Crippen LogP contribution in [0.1, 0.15) is 47.8 Å². The molecule has 1 unspecified atom stereocenters. The number of carbonyl (C=O) groups is 2. The SMILES string of the molecule is COC(=O)C1c2ccc(OCc3ncc(C)c(OC)c3C)cc2CCN1C(=O)OCC(C)C. The van der Waals surface area contributed by atoms with E-state index in [1.54, 1.807) is 19.4 Å². The number of rotatable bonds is 7. The average Bonchev–Trinajstić information content (AvgIpc) is 2.80. The predicted octanol–water partition coefficient (Wildman–Crippen LogP) is 4.15. The molecule has 3 rings (SSSR count). The van der Waals surface area contributed by atoms with E-state index in [0.29, 0.717) is 30.9 Å². The number of ether oxygens (including phenoxy) is 4. The Balaban J connectivity index is 1.80. The fourth-order valence-corrected chi connectivity index (χ4v) is 3.94. The van der Waals surface area contributed by atoms with Crippen molar-refractivity contribution >= 4 is 12.1 Å². The maximum absolute atomic E-state index is 12.6. The van der Waals surface area contributed by atoms with Gasteiger partial charge in [-0.25, -0.2) is 9.59 Å². The monoisotopic (exact) mass is 456 g/mol. The van der Waals surface area contributed by atoms with Crippen LogP contribution in [0.15, 0.2) is 24.4 Å². The molecule has 0 saturated carbocycles. The lowest BCUT2D eigenvalue weighted by Crippen LogP contribution is -2.44. The van der Waals surface area contributed by atoms with Gasteiger partial charge in [0.2, 0.25) is 0 Å². The molecule has 0 saturated heterocycles. The van der Waals surface area contributed by atoms with E-state index >= 15 is 0 Å². The molecule has 1 amide bonds. The highest BCUT2D eigenvalue weighted by Gasteiger charge is 2.38. The van der Waals surface area contributed by atoms with E-state index in [0.717, 1.165) is 28.1 Å². The Hall–Kier alpha value is -3.29. The molecule has 1 aliphatic rings. The number of hydrogen-bond acceptors (Lipinski definition) is 7. The molecule has 1 atom stereocenters. The summed E-state index contributed by atoms with van der Waals surface area (Å²) in [5.74, 6) is 1.17. The first kappa shape index (κ1) is 24.4. The highest BCUT2D eigenvalue weighted by Crippen LogP contribution is 2.34. The molecule has 178 valence electrons. The normalized spacial score (nSPS) is 15.1. The summed E-state index contributed by atoms with van der Waals surface area (Å²) in [5.41, 5.74) is 4.35. The molecular formula is C25H32N2O6. The van der Waals surface area contributed by atoms with Gasteiger partial charge in [0, 0.05) is 23.9 Å². The van der Waals surface area contributed by atoms with Crippen LogP contribution in [-0.2, 0) is 27.3 Å². The van der Waals surface area contributed by atoms with Crippen LogP contribution in [-0.4, -0.2) is 49.3 Å². The smallest absolute Gasteiger partial charge is 0.410 e. The third-order valence-electron chi connectivity index (χ3n) is 5.67. The predicted molar refractivity (Wildman–Crippen MR) is 122 cm³/mol. The van der Waals surface area contributed by atoms with Crippen molar-refractivity contribution in [3.8, 4) is 11.5 Å². The maximum atomic E-state index is 12.6. The third-order valence-corrected chi connectivity index (χ3v) is 5.67. The van der Waals surface area contributed by atoms with Crippen LogP contribution in [0.4, 0.5) is 4.79 Å². The zero-order valence-corrected chi connectivity index (χ0v) is 20.1. The molecule has 0 spiro atoms. The second kappa shape index (κ2) is 10.6. The van der Waals surface area contributed by atoms with Gasteiger partial charge >= 0.3 is 12.1 Å². The fraction of sp³-hybridized carbons (Fsp3) is 0.480. The number of methoxy groups -OCH3 is 2. The van der Waals surface area contributed by atoms with Gasteiger partial charge in [-0.3, -0.25) is 9.88 Å². The largest absolute Gasteiger partial charge is 0.496 e. The number of benzene rings is 1. The van der Waals surface area contributed by atoms with Crippen LogP contribution in [0.5, 0.6) is 11.5 Å². The molecule has 1 aliphatic heterocycles. The molecule has 0 bridgehead atoms. The number of pyridine rings is 1. The molecule has 0 aliphatic carbocycles. The highest BCUT2D eigenvalue weighted by atomic mass is 16.6. The number of hydrogen-bond donors (Lipinski definition) is 0. The van der Waals surface area contributed by atoms with Crippen molar-refractivity contribution in [3.63, 3.8) is 0 Å².